The average Bonchev–Trinajstić information content (AvgIpc) is 3.25. The summed E-state index contributed by atoms with van der Waals surface area (Å²) in [7, 11) is 0. The molecule has 0 aliphatic carbocycles. The largest absolute Gasteiger partial charge is 0.466 e. The van der Waals surface area contributed by atoms with Crippen molar-refractivity contribution in [1.29, 1.82) is 0 Å². The van der Waals surface area contributed by atoms with Crippen LogP contribution in [0.25, 0.3) is 11.0 Å². The summed E-state index contributed by atoms with van der Waals surface area (Å²) < 4.78 is 7.50. The van der Waals surface area contributed by atoms with Gasteiger partial charge in [0, 0.05) is 26.1 Å². The minimum atomic E-state index is -0.637. The van der Waals surface area contributed by atoms with Crippen molar-refractivity contribution >= 4 is 22.9 Å². The van der Waals surface area contributed by atoms with Crippen LogP contribution in [-0.4, -0.2) is 46.0 Å². The van der Waals surface area contributed by atoms with E-state index in [2.05, 4.69) is 17.1 Å². The smallest absolute Gasteiger partial charge is 0.313 e. The van der Waals surface area contributed by atoms with Crippen molar-refractivity contribution in [3.63, 3.8) is 0 Å². The molecule has 0 radical (unpaired) electrons. The molecule has 1 atom stereocenters. The van der Waals surface area contributed by atoms with Crippen molar-refractivity contribution in [3.05, 3.63) is 66.5 Å². The lowest BCUT2D eigenvalue weighted by Crippen LogP contribution is -2.51. The number of piperidine rings is 1. The number of aryl methyl sites for hydroxylation is 2. The molecule has 2 heterocycles. The molecule has 4 rings (SSSR count). The van der Waals surface area contributed by atoms with Gasteiger partial charge in [0.25, 0.3) is 0 Å². The van der Waals surface area contributed by atoms with E-state index in [-0.39, 0.29) is 11.9 Å². The lowest BCUT2D eigenvalue weighted by Gasteiger charge is -2.41. The Hall–Kier alpha value is -3.15. The first-order chi connectivity index (χ1) is 15.6. The molecule has 1 aliphatic rings. The van der Waals surface area contributed by atoms with Crippen molar-refractivity contribution in [2.45, 2.75) is 45.6 Å². The van der Waals surface area contributed by atoms with Crippen molar-refractivity contribution < 1.29 is 14.3 Å². The highest BCUT2D eigenvalue weighted by molar-refractivity contribution is 5.81. The summed E-state index contributed by atoms with van der Waals surface area (Å²) >= 11 is 0. The van der Waals surface area contributed by atoms with Gasteiger partial charge in [0.05, 0.1) is 29.4 Å². The number of carbonyl (C=O) groups excluding carboxylic acids is 2. The molecule has 1 fully saturated rings. The normalized spacial score (nSPS) is 18.6. The van der Waals surface area contributed by atoms with Crippen LogP contribution in [0.2, 0.25) is 0 Å². The number of hydrogen-bond acceptors (Lipinski definition) is 4. The molecule has 0 saturated carbocycles. The maximum Gasteiger partial charge on any atom is 0.313 e. The lowest BCUT2D eigenvalue weighted by molar-refractivity contribution is -0.161. The second kappa shape index (κ2) is 9.98. The zero-order chi connectivity index (χ0) is 22.4. The summed E-state index contributed by atoms with van der Waals surface area (Å²) in [4.78, 5) is 32.4. The maximum atomic E-state index is 13.1. The first-order valence-electron chi connectivity index (χ1n) is 11.5. The molecule has 1 aliphatic heterocycles. The number of imidazole rings is 1. The van der Waals surface area contributed by atoms with Crippen LogP contribution < -0.4 is 0 Å². The Balaban J connectivity index is 1.44. The number of ether oxygens (including phenoxy) is 1. The van der Waals surface area contributed by atoms with E-state index in [4.69, 9.17) is 4.74 Å². The number of nitrogens with zero attached hydrogens (tertiary/aromatic N) is 3. The number of aromatic nitrogens is 2. The van der Waals surface area contributed by atoms with E-state index in [0.29, 0.717) is 39.1 Å². The second-order valence-electron chi connectivity index (χ2n) is 8.58. The fraction of sp³-hybridized carbons (Fsp3) is 0.423. The van der Waals surface area contributed by atoms with E-state index in [0.717, 1.165) is 30.3 Å². The molecule has 168 valence electrons. The van der Waals surface area contributed by atoms with Gasteiger partial charge < -0.3 is 14.2 Å². The van der Waals surface area contributed by atoms with Gasteiger partial charge in [0.15, 0.2) is 0 Å². The number of esters is 1. The molecule has 6 nitrogen and oxygen atoms in total. The highest BCUT2D eigenvalue weighted by atomic mass is 16.5. The highest BCUT2D eigenvalue weighted by Gasteiger charge is 2.44. The Kier molecular flexibility index (Phi) is 6.88. The topological polar surface area (TPSA) is 64.4 Å². The van der Waals surface area contributed by atoms with Gasteiger partial charge in [-0.15, -0.1) is 0 Å². The molecule has 1 unspecified atom stereocenters. The molecular formula is C26H31N3O3. The Morgan fingerprint density at radius 1 is 1.09 bits per heavy atom. The molecule has 1 aromatic heterocycles. The van der Waals surface area contributed by atoms with Crippen LogP contribution in [0, 0.1) is 5.41 Å². The Morgan fingerprint density at radius 2 is 1.88 bits per heavy atom. The first kappa shape index (κ1) is 22.1. The fourth-order valence-electron chi connectivity index (χ4n) is 4.69. The van der Waals surface area contributed by atoms with Crippen LogP contribution in [-0.2, 0) is 27.3 Å². The minimum absolute atomic E-state index is 0.0795. The van der Waals surface area contributed by atoms with Gasteiger partial charge in [-0.1, -0.05) is 42.5 Å². The third-order valence-corrected chi connectivity index (χ3v) is 6.47. The van der Waals surface area contributed by atoms with Crippen molar-refractivity contribution in [2.75, 3.05) is 19.7 Å². The molecule has 0 N–H and O–H groups in total. The van der Waals surface area contributed by atoms with Gasteiger partial charge in [-0.05, 0) is 50.3 Å². The second-order valence-corrected chi connectivity index (χ2v) is 8.58. The summed E-state index contributed by atoms with van der Waals surface area (Å²) in [6.45, 7) is 3.89. The molecule has 32 heavy (non-hydrogen) atoms. The number of fused-ring (bicyclic) bond motifs is 1. The fourth-order valence-corrected chi connectivity index (χ4v) is 4.69. The Bertz CT molecular complexity index is 1060. The van der Waals surface area contributed by atoms with Crippen LogP contribution in [0.3, 0.4) is 0 Å². The van der Waals surface area contributed by atoms with Crippen LogP contribution in [0.4, 0.5) is 0 Å². The van der Waals surface area contributed by atoms with E-state index in [1.165, 1.54) is 5.56 Å². The number of benzene rings is 2. The van der Waals surface area contributed by atoms with Gasteiger partial charge in [-0.2, -0.15) is 0 Å². The maximum absolute atomic E-state index is 13.1. The van der Waals surface area contributed by atoms with E-state index >= 15 is 0 Å². The highest BCUT2D eigenvalue weighted by Crippen LogP contribution is 2.36. The van der Waals surface area contributed by atoms with E-state index in [1.807, 2.05) is 58.9 Å². The van der Waals surface area contributed by atoms with Gasteiger partial charge in [0.1, 0.15) is 0 Å². The van der Waals surface area contributed by atoms with Crippen LogP contribution in [0.15, 0.2) is 60.9 Å². The summed E-state index contributed by atoms with van der Waals surface area (Å²) in [5.74, 6) is -0.0927. The summed E-state index contributed by atoms with van der Waals surface area (Å²) in [6.07, 6.45) is 5.23. The average molecular weight is 434 g/mol. The van der Waals surface area contributed by atoms with E-state index < -0.39 is 5.41 Å². The third-order valence-electron chi connectivity index (χ3n) is 6.47. The molecule has 0 spiro atoms. The zero-order valence-corrected chi connectivity index (χ0v) is 18.7. The van der Waals surface area contributed by atoms with Gasteiger partial charge in [0.2, 0.25) is 5.91 Å². The van der Waals surface area contributed by atoms with Gasteiger partial charge in [-0.25, -0.2) is 4.98 Å². The molecule has 3 aromatic rings. The predicted octanol–water partition coefficient (Wildman–Crippen LogP) is 4.23. The van der Waals surface area contributed by atoms with Crippen molar-refractivity contribution in [1.82, 2.24) is 14.5 Å². The molecule has 6 heteroatoms. The number of likely N-dealkylation sites (tertiary alicyclic amines) is 1. The first-order valence-corrected chi connectivity index (χ1v) is 11.5. The van der Waals surface area contributed by atoms with E-state index in [1.54, 1.807) is 6.33 Å². The lowest BCUT2D eigenvalue weighted by atomic mass is 9.75. The number of amides is 1. The molecule has 0 bridgehead atoms. The zero-order valence-electron chi connectivity index (χ0n) is 18.7. The molecular weight excluding hydrogens is 402 g/mol. The van der Waals surface area contributed by atoms with Crippen molar-refractivity contribution in [3.8, 4) is 0 Å². The quantitative estimate of drug-likeness (QED) is 0.499. The molecule has 2 aromatic carbocycles. The summed E-state index contributed by atoms with van der Waals surface area (Å²) in [5.41, 5.74) is 2.52. The van der Waals surface area contributed by atoms with Crippen LogP contribution in [0.1, 0.15) is 38.2 Å². The Morgan fingerprint density at radius 3 is 2.69 bits per heavy atom. The summed E-state index contributed by atoms with van der Waals surface area (Å²) in [6, 6.07) is 18.1. The standard InChI is InChI=1S/C26H31N3O3/c1-2-32-25(31)26(16-13-21-9-4-3-5-10-21)15-8-17-28(19-26)24(30)14-18-29-20-27-22-11-6-7-12-23(22)29/h3-7,9-12,20H,2,8,13-19H2,1H3. The van der Waals surface area contributed by atoms with Crippen molar-refractivity contribution in [2.24, 2.45) is 5.41 Å². The van der Waals surface area contributed by atoms with Crippen LogP contribution >= 0.6 is 0 Å². The number of carbonyl (C=O) groups is 2. The number of para-hydroxylation sites is 2. The minimum Gasteiger partial charge on any atom is -0.466 e. The van der Waals surface area contributed by atoms with Gasteiger partial charge >= 0.3 is 5.97 Å². The predicted molar refractivity (Wildman–Crippen MR) is 124 cm³/mol. The van der Waals surface area contributed by atoms with Gasteiger partial charge in [-0.3, -0.25) is 9.59 Å². The van der Waals surface area contributed by atoms with Crippen LogP contribution in [0.5, 0.6) is 0 Å². The number of rotatable bonds is 8. The monoisotopic (exact) mass is 433 g/mol. The third kappa shape index (κ3) is 4.85. The van der Waals surface area contributed by atoms with E-state index in [9.17, 15) is 9.59 Å². The Labute approximate surface area is 189 Å². The summed E-state index contributed by atoms with van der Waals surface area (Å²) in [5, 5.41) is 0. The number of hydrogen-bond donors (Lipinski definition) is 0. The SMILES string of the molecule is CCOC(=O)C1(CCc2ccccc2)CCCN(C(=O)CCn2cnc3ccccc32)C1. The molecule has 1 amide bonds. The molecule has 1 saturated heterocycles.